The van der Waals surface area contributed by atoms with Crippen molar-refractivity contribution in [2.24, 2.45) is 0 Å². The monoisotopic (exact) mass is 351 g/mol. The molecule has 0 aromatic carbocycles. The summed E-state index contributed by atoms with van der Waals surface area (Å²) in [6, 6.07) is -0.839. The number of sulfonamides is 1. The van der Waals surface area contributed by atoms with Gasteiger partial charge in [-0.05, 0) is 0 Å². The van der Waals surface area contributed by atoms with Crippen LogP contribution in [0.25, 0.3) is 0 Å². The van der Waals surface area contributed by atoms with E-state index in [1.54, 1.807) is 0 Å². The van der Waals surface area contributed by atoms with E-state index < -0.39 is 33.9 Å². The van der Waals surface area contributed by atoms with Gasteiger partial charge >= 0.3 is 5.97 Å². The number of nitrogens with zero attached hydrogens (tertiary/aromatic N) is 2. The molecule has 134 valence electrons. The maximum absolute atomic E-state index is 12.0. The summed E-state index contributed by atoms with van der Waals surface area (Å²) in [5.41, 5.74) is 0. The van der Waals surface area contributed by atoms with Crippen molar-refractivity contribution in [2.75, 3.05) is 58.2 Å². The topological polar surface area (TPSA) is 119 Å². The first-order valence-electron chi connectivity index (χ1n) is 7.80. The van der Waals surface area contributed by atoms with Crippen LogP contribution in [0, 0.1) is 0 Å². The van der Waals surface area contributed by atoms with E-state index in [1.165, 1.54) is 0 Å². The number of cyclic esters (lactones) is 1. The molecule has 10 heteroatoms. The van der Waals surface area contributed by atoms with Gasteiger partial charge in [-0.1, -0.05) is 0 Å². The van der Waals surface area contributed by atoms with E-state index in [-0.39, 0.29) is 19.8 Å². The van der Waals surface area contributed by atoms with Crippen LogP contribution in [0.1, 0.15) is 6.42 Å². The lowest BCUT2D eigenvalue weighted by molar-refractivity contribution is -0.139. The number of aliphatic hydroxyl groups is 2. The van der Waals surface area contributed by atoms with Gasteiger partial charge in [-0.25, -0.2) is 13.1 Å². The zero-order chi connectivity index (χ0) is 16.9. The molecule has 0 radical (unpaired) electrons. The van der Waals surface area contributed by atoms with Crippen LogP contribution in [0.5, 0.6) is 0 Å². The Balaban J connectivity index is 1.73. The highest BCUT2D eigenvalue weighted by Crippen LogP contribution is 2.08. The van der Waals surface area contributed by atoms with Crippen LogP contribution in [0.15, 0.2) is 0 Å². The van der Waals surface area contributed by atoms with Crippen LogP contribution >= 0.6 is 0 Å². The van der Waals surface area contributed by atoms with E-state index in [0.717, 1.165) is 26.2 Å². The van der Waals surface area contributed by atoms with E-state index in [4.69, 9.17) is 9.84 Å². The summed E-state index contributed by atoms with van der Waals surface area (Å²) in [5, 5.41) is 18.9. The van der Waals surface area contributed by atoms with Gasteiger partial charge in [-0.15, -0.1) is 0 Å². The molecule has 0 amide bonds. The van der Waals surface area contributed by atoms with E-state index in [9.17, 15) is 18.3 Å². The second-order valence-electron chi connectivity index (χ2n) is 5.93. The van der Waals surface area contributed by atoms with Crippen molar-refractivity contribution in [3.63, 3.8) is 0 Å². The highest BCUT2D eigenvalue weighted by atomic mass is 32.2. The SMILES string of the molecule is O=C1OCCC1NS(=O)(=O)CC(O)CN1CCN(CCO)CC1. The molecule has 9 nitrogen and oxygen atoms in total. The van der Waals surface area contributed by atoms with Gasteiger partial charge in [0.05, 0.1) is 25.1 Å². The standard InChI is InChI=1S/C13H25N3O6S/c17-7-6-15-2-4-16(5-3-15)9-11(18)10-23(20,21)14-12-1-8-22-13(12)19/h11-12,14,17-18H,1-10H2. The van der Waals surface area contributed by atoms with Gasteiger partial charge in [-0.3, -0.25) is 14.6 Å². The van der Waals surface area contributed by atoms with Crippen molar-refractivity contribution in [1.29, 1.82) is 0 Å². The average Bonchev–Trinajstić information content (AvgIpc) is 2.85. The largest absolute Gasteiger partial charge is 0.464 e. The summed E-state index contributed by atoms with van der Waals surface area (Å²) in [6.45, 7) is 4.25. The van der Waals surface area contributed by atoms with Crippen LogP contribution < -0.4 is 4.72 Å². The number of ether oxygens (including phenoxy) is 1. The van der Waals surface area contributed by atoms with Gasteiger partial charge in [-0.2, -0.15) is 0 Å². The van der Waals surface area contributed by atoms with Crippen LogP contribution in [0.2, 0.25) is 0 Å². The Bertz CT molecular complexity index is 492. The summed E-state index contributed by atoms with van der Waals surface area (Å²) < 4.78 is 31.0. The third-order valence-corrected chi connectivity index (χ3v) is 5.49. The Hall–Kier alpha value is -0.780. The quantitative estimate of drug-likeness (QED) is 0.401. The number of rotatable bonds is 8. The zero-order valence-corrected chi connectivity index (χ0v) is 13.9. The normalized spacial score (nSPS) is 25.5. The van der Waals surface area contributed by atoms with Crippen LogP contribution in [0.3, 0.4) is 0 Å². The molecular formula is C13H25N3O6S. The lowest BCUT2D eigenvalue weighted by Gasteiger charge is -2.35. The first-order chi connectivity index (χ1) is 10.9. The summed E-state index contributed by atoms with van der Waals surface area (Å²) in [7, 11) is -3.74. The fraction of sp³-hybridized carbons (Fsp3) is 0.923. The Kier molecular flexibility index (Phi) is 6.74. The first-order valence-corrected chi connectivity index (χ1v) is 9.45. The maximum atomic E-state index is 12.0. The summed E-state index contributed by atoms with van der Waals surface area (Å²) >= 11 is 0. The third-order valence-electron chi connectivity index (χ3n) is 4.02. The minimum absolute atomic E-state index is 0.121. The molecule has 2 atom stereocenters. The molecule has 0 saturated carbocycles. The fourth-order valence-corrected chi connectivity index (χ4v) is 4.16. The second kappa shape index (κ2) is 8.36. The molecule has 0 aromatic rings. The number of β-amino-alcohol motifs (C(OH)–C–C–N with tert-alkyl or cyclic N) is 2. The van der Waals surface area contributed by atoms with Crippen molar-refractivity contribution in [3.05, 3.63) is 0 Å². The van der Waals surface area contributed by atoms with E-state index in [1.807, 2.05) is 4.90 Å². The molecule has 2 aliphatic heterocycles. The molecule has 23 heavy (non-hydrogen) atoms. The molecule has 0 bridgehead atoms. The minimum atomic E-state index is -3.74. The zero-order valence-electron chi connectivity index (χ0n) is 13.1. The number of hydrogen-bond acceptors (Lipinski definition) is 8. The third kappa shape index (κ3) is 5.98. The molecule has 2 fully saturated rings. The summed E-state index contributed by atoms with van der Waals surface area (Å²) in [6.07, 6.45) is -0.699. The van der Waals surface area contributed by atoms with Crippen molar-refractivity contribution in [1.82, 2.24) is 14.5 Å². The summed E-state index contributed by atoms with van der Waals surface area (Å²) in [4.78, 5) is 15.4. The van der Waals surface area contributed by atoms with Gasteiger partial charge in [0.15, 0.2) is 0 Å². The van der Waals surface area contributed by atoms with Crippen molar-refractivity contribution in [3.8, 4) is 0 Å². The number of carbonyl (C=O) groups excluding carboxylic acids is 1. The number of carbonyl (C=O) groups is 1. The second-order valence-corrected chi connectivity index (χ2v) is 7.73. The molecule has 2 heterocycles. The number of nitrogens with one attached hydrogen (secondary N) is 1. The first kappa shape index (κ1) is 18.6. The molecule has 0 spiro atoms. The van der Waals surface area contributed by atoms with E-state index in [0.29, 0.717) is 13.0 Å². The molecular weight excluding hydrogens is 326 g/mol. The predicted molar refractivity (Wildman–Crippen MR) is 82.3 cm³/mol. The van der Waals surface area contributed by atoms with Gasteiger partial charge < -0.3 is 14.9 Å². The smallest absolute Gasteiger partial charge is 0.324 e. The van der Waals surface area contributed by atoms with Gasteiger partial charge in [0, 0.05) is 45.7 Å². The van der Waals surface area contributed by atoms with Gasteiger partial charge in [0.1, 0.15) is 6.04 Å². The molecule has 2 unspecified atom stereocenters. The predicted octanol–water partition coefficient (Wildman–Crippen LogP) is -2.81. The lowest BCUT2D eigenvalue weighted by Crippen LogP contribution is -2.50. The highest BCUT2D eigenvalue weighted by Gasteiger charge is 2.31. The molecule has 0 aromatic heterocycles. The molecule has 2 rings (SSSR count). The van der Waals surface area contributed by atoms with Crippen molar-refractivity contribution >= 4 is 16.0 Å². The number of esters is 1. The van der Waals surface area contributed by atoms with Crippen LogP contribution in [0.4, 0.5) is 0 Å². The Morgan fingerprint density at radius 2 is 1.91 bits per heavy atom. The maximum Gasteiger partial charge on any atom is 0.324 e. The van der Waals surface area contributed by atoms with E-state index >= 15 is 0 Å². The van der Waals surface area contributed by atoms with Crippen LogP contribution in [-0.2, 0) is 19.6 Å². The van der Waals surface area contributed by atoms with Crippen molar-refractivity contribution < 1.29 is 28.2 Å². The minimum Gasteiger partial charge on any atom is -0.464 e. The number of piperazine rings is 1. The highest BCUT2D eigenvalue weighted by molar-refractivity contribution is 7.89. The van der Waals surface area contributed by atoms with Gasteiger partial charge in [0.25, 0.3) is 0 Å². The van der Waals surface area contributed by atoms with E-state index in [2.05, 4.69) is 9.62 Å². The van der Waals surface area contributed by atoms with Crippen LogP contribution in [-0.4, -0.2) is 105 Å². The number of aliphatic hydroxyl groups excluding tert-OH is 2. The molecule has 2 aliphatic rings. The Morgan fingerprint density at radius 1 is 1.26 bits per heavy atom. The van der Waals surface area contributed by atoms with Crippen molar-refractivity contribution in [2.45, 2.75) is 18.6 Å². The fourth-order valence-electron chi connectivity index (χ4n) is 2.81. The molecule has 3 N–H and O–H groups in total. The summed E-state index contributed by atoms with van der Waals surface area (Å²) in [5.74, 6) is -1.00. The lowest BCUT2D eigenvalue weighted by atomic mass is 10.3. The Morgan fingerprint density at radius 3 is 2.48 bits per heavy atom. The molecule has 2 saturated heterocycles. The average molecular weight is 351 g/mol. The molecule has 0 aliphatic carbocycles. The number of hydrogen-bond donors (Lipinski definition) is 3. The van der Waals surface area contributed by atoms with Gasteiger partial charge in [0.2, 0.25) is 10.0 Å². The Labute approximate surface area is 136 Å².